The lowest BCUT2D eigenvalue weighted by Crippen LogP contribution is -2.31. The minimum absolute atomic E-state index is 0.0224. The number of halogens is 1. The lowest BCUT2D eigenvalue weighted by atomic mass is 9.96. The molecule has 0 fully saturated rings. The maximum Gasteiger partial charge on any atom is 0.294 e. The first kappa shape index (κ1) is 15.0. The Morgan fingerprint density at radius 3 is 2.30 bits per heavy atom. The second-order valence-corrected chi connectivity index (χ2v) is 5.26. The number of aliphatic hydroxyl groups is 1. The molecule has 0 aromatic heterocycles. The topological polar surface area (TPSA) is 57.6 Å². The van der Waals surface area contributed by atoms with Crippen molar-refractivity contribution in [2.45, 2.75) is 13.0 Å². The van der Waals surface area contributed by atoms with Gasteiger partial charge < -0.3 is 5.11 Å². The number of rotatable bonds is 3. The molecule has 116 valence electrons. The molecule has 0 spiro atoms. The molecular weight excluding hydrogens is 297 g/mol. The molecule has 0 unspecified atom stereocenters. The van der Waals surface area contributed by atoms with Gasteiger partial charge in [0.15, 0.2) is 11.5 Å². The summed E-state index contributed by atoms with van der Waals surface area (Å²) in [4.78, 5) is 25.5. The number of ketones is 1. The summed E-state index contributed by atoms with van der Waals surface area (Å²) >= 11 is 0. The van der Waals surface area contributed by atoms with Crippen molar-refractivity contribution >= 4 is 17.4 Å². The first-order valence-corrected chi connectivity index (χ1v) is 7.09. The van der Waals surface area contributed by atoms with E-state index in [1.807, 2.05) is 0 Å². The molecule has 4 nitrogen and oxygen atoms in total. The van der Waals surface area contributed by atoms with Gasteiger partial charge in [0.2, 0.25) is 0 Å². The second-order valence-electron chi connectivity index (χ2n) is 5.26. The highest BCUT2D eigenvalue weighted by Gasteiger charge is 2.43. The van der Waals surface area contributed by atoms with E-state index < -0.39 is 29.3 Å². The molecule has 1 heterocycles. The predicted octanol–water partition coefficient (Wildman–Crippen LogP) is 3.31. The van der Waals surface area contributed by atoms with Crippen LogP contribution in [0.1, 0.15) is 18.5 Å². The van der Waals surface area contributed by atoms with Crippen molar-refractivity contribution in [3.63, 3.8) is 0 Å². The van der Waals surface area contributed by atoms with Crippen molar-refractivity contribution in [1.82, 2.24) is 0 Å². The number of Topliss-reactive ketones (excluding diaryl/α,β-unsaturated/α-hetero) is 1. The fourth-order valence-corrected chi connectivity index (χ4v) is 2.81. The average molecular weight is 311 g/mol. The number of carbonyl (C=O) groups excluding carboxylic acids is 2. The molecule has 1 aliphatic rings. The molecule has 23 heavy (non-hydrogen) atoms. The lowest BCUT2D eigenvalue weighted by Gasteiger charge is -2.26. The van der Waals surface area contributed by atoms with Gasteiger partial charge >= 0.3 is 0 Å². The average Bonchev–Trinajstić information content (AvgIpc) is 2.81. The molecule has 1 aliphatic heterocycles. The third-order valence-electron chi connectivity index (χ3n) is 3.81. The van der Waals surface area contributed by atoms with Crippen LogP contribution < -0.4 is 4.90 Å². The van der Waals surface area contributed by atoms with Crippen LogP contribution in [0.3, 0.4) is 0 Å². The van der Waals surface area contributed by atoms with Crippen LogP contribution in [0, 0.1) is 5.82 Å². The summed E-state index contributed by atoms with van der Waals surface area (Å²) < 4.78 is 14.2. The summed E-state index contributed by atoms with van der Waals surface area (Å²) in [7, 11) is 0. The highest BCUT2D eigenvalue weighted by atomic mass is 19.1. The first-order valence-electron chi connectivity index (χ1n) is 7.09. The fraction of sp³-hybridized carbons (Fsp3) is 0.111. The summed E-state index contributed by atoms with van der Waals surface area (Å²) in [6.45, 7) is 1.28. The standard InChI is InChI=1S/C18H14FNO3/c1-11(21)15-16(12-7-3-2-4-8-12)20(18(23)17(15)22)14-10-6-5-9-13(14)19/h2-10,16,22H,1H3/t16-/m0/s1. The third-order valence-corrected chi connectivity index (χ3v) is 3.81. The summed E-state index contributed by atoms with van der Waals surface area (Å²) in [5, 5.41) is 10.1. The zero-order valence-corrected chi connectivity index (χ0v) is 12.4. The highest BCUT2D eigenvalue weighted by molar-refractivity contribution is 6.16. The number of hydrogen-bond donors (Lipinski definition) is 1. The highest BCUT2D eigenvalue weighted by Crippen LogP contribution is 2.41. The van der Waals surface area contributed by atoms with Gasteiger partial charge in [-0.1, -0.05) is 42.5 Å². The number of anilines is 1. The van der Waals surface area contributed by atoms with Gasteiger partial charge in [0.05, 0.1) is 17.3 Å². The molecule has 0 aliphatic carbocycles. The Hall–Kier alpha value is -2.95. The maximum atomic E-state index is 14.2. The minimum Gasteiger partial charge on any atom is -0.503 e. The smallest absolute Gasteiger partial charge is 0.294 e. The molecule has 1 amide bonds. The predicted molar refractivity (Wildman–Crippen MR) is 83.4 cm³/mol. The number of aliphatic hydroxyl groups excluding tert-OH is 1. The van der Waals surface area contributed by atoms with E-state index in [-0.39, 0.29) is 11.3 Å². The molecule has 0 saturated heterocycles. The van der Waals surface area contributed by atoms with E-state index in [0.717, 1.165) is 4.90 Å². The van der Waals surface area contributed by atoms with E-state index in [1.165, 1.54) is 25.1 Å². The zero-order chi connectivity index (χ0) is 16.6. The largest absolute Gasteiger partial charge is 0.503 e. The molecule has 0 bridgehead atoms. The van der Waals surface area contributed by atoms with Gasteiger partial charge in [-0.05, 0) is 24.6 Å². The molecular formula is C18H14FNO3. The van der Waals surface area contributed by atoms with Gasteiger partial charge in [-0.2, -0.15) is 0 Å². The zero-order valence-electron chi connectivity index (χ0n) is 12.4. The Balaban J connectivity index is 2.21. The maximum absolute atomic E-state index is 14.2. The molecule has 5 heteroatoms. The normalized spacial score (nSPS) is 17.7. The van der Waals surface area contributed by atoms with Crippen LogP contribution in [0.5, 0.6) is 0 Å². The van der Waals surface area contributed by atoms with E-state index in [4.69, 9.17) is 0 Å². The van der Waals surface area contributed by atoms with Crippen LogP contribution in [0.4, 0.5) is 10.1 Å². The van der Waals surface area contributed by atoms with Gasteiger partial charge in [0.25, 0.3) is 5.91 Å². The Morgan fingerprint density at radius 1 is 1.09 bits per heavy atom. The SMILES string of the molecule is CC(=O)C1=C(O)C(=O)N(c2ccccc2F)[C@H]1c1ccccc1. The van der Waals surface area contributed by atoms with Crippen LogP contribution in [-0.4, -0.2) is 16.8 Å². The Bertz CT molecular complexity index is 814. The summed E-state index contributed by atoms with van der Waals surface area (Å²) in [5.74, 6) is -2.44. The number of para-hydroxylation sites is 1. The van der Waals surface area contributed by atoms with Crippen LogP contribution in [0.25, 0.3) is 0 Å². The van der Waals surface area contributed by atoms with Crippen LogP contribution in [-0.2, 0) is 9.59 Å². The van der Waals surface area contributed by atoms with Gasteiger partial charge in [0, 0.05) is 0 Å². The number of amides is 1. The van der Waals surface area contributed by atoms with E-state index in [9.17, 15) is 19.1 Å². The molecule has 2 aromatic carbocycles. The Morgan fingerprint density at radius 2 is 1.70 bits per heavy atom. The quantitative estimate of drug-likeness (QED) is 0.946. The van der Waals surface area contributed by atoms with Crippen molar-refractivity contribution in [2.75, 3.05) is 4.90 Å². The van der Waals surface area contributed by atoms with Crippen molar-refractivity contribution in [3.05, 3.63) is 77.3 Å². The lowest BCUT2D eigenvalue weighted by molar-refractivity contribution is -0.117. The van der Waals surface area contributed by atoms with E-state index >= 15 is 0 Å². The number of nitrogens with zero attached hydrogens (tertiary/aromatic N) is 1. The number of hydrogen-bond acceptors (Lipinski definition) is 3. The summed E-state index contributed by atoms with van der Waals surface area (Å²) in [6.07, 6.45) is 0. The van der Waals surface area contributed by atoms with Crippen LogP contribution in [0.2, 0.25) is 0 Å². The molecule has 0 radical (unpaired) electrons. The molecule has 2 aromatic rings. The van der Waals surface area contributed by atoms with E-state index in [1.54, 1.807) is 36.4 Å². The van der Waals surface area contributed by atoms with Crippen molar-refractivity contribution in [1.29, 1.82) is 0 Å². The minimum atomic E-state index is -0.849. The van der Waals surface area contributed by atoms with Crippen LogP contribution >= 0.6 is 0 Å². The van der Waals surface area contributed by atoms with Crippen molar-refractivity contribution < 1.29 is 19.1 Å². The molecule has 1 atom stereocenters. The Labute approximate surface area is 132 Å². The summed E-state index contributed by atoms with van der Waals surface area (Å²) in [6, 6.07) is 13.7. The first-order chi connectivity index (χ1) is 11.0. The van der Waals surface area contributed by atoms with E-state index in [2.05, 4.69) is 0 Å². The van der Waals surface area contributed by atoms with Gasteiger partial charge in [-0.25, -0.2) is 4.39 Å². The van der Waals surface area contributed by atoms with E-state index in [0.29, 0.717) is 5.56 Å². The van der Waals surface area contributed by atoms with Gasteiger partial charge in [0.1, 0.15) is 5.82 Å². The fourth-order valence-electron chi connectivity index (χ4n) is 2.81. The monoisotopic (exact) mass is 311 g/mol. The van der Waals surface area contributed by atoms with Crippen molar-refractivity contribution in [3.8, 4) is 0 Å². The van der Waals surface area contributed by atoms with Gasteiger partial charge in [-0.3, -0.25) is 14.5 Å². The van der Waals surface area contributed by atoms with Crippen molar-refractivity contribution in [2.24, 2.45) is 0 Å². The summed E-state index contributed by atoms with van der Waals surface area (Å²) in [5.41, 5.74) is 0.622. The van der Waals surface area contributed by atoms with Gasteiger partial charge in [-0.15, -0.1) is 0 Å². The molecule has 3 rings (SSSR count). The third kappa shape index (κ3) is 2.40. The number of carbonyl (C=O) groups is 2. The molecule has 1 N–H and O–H groups in total. The second kappa shape index (κ2) is 5.68. The Kier molecular flexibility index (Phi) is 3.70. The number of benzene rings is 2. The van der Waals surface area contributed by atoms with Crippen LogP contribution in [0.15, 0.2) is 65.9 Å². The molecule has 0 saturated carbocycles.